The number of benzene rings is 2. The molecular weight excluding hydrogens is 280 g/mol. The average molecular weight is 296 g/mol. The molecule has 2 aromatic carbocycles. The van der Waals surface area contributed by atoms with Gasteiger partial charge in [-0.05, 0) is 42.3 Å². The Labute approximate surface area is 128 Å². The monoisotopic (exact) mass is 296 g/mol. The molecule has 0 bridgehead atoms. The Morgan fingerprint density at radius 1 is 1.18 bits per heavy atom. The summed E-state index contributed by atoms with van der Waals surface area (Å²) < 4.78 is 0. The van der Waals surface area contributed by atoms with Crippen LogP contribution in [0.25, 0.3) is 0 Å². The fourth-order valence-electron chi connectivity index (χ4n) is 1.87. The summed E-state index contributed by atoms with van der Waals surface area (Å²) in [4.78, 5) is 11.8. The van der Waals surface area contributed by atoms with Gasteiger partial charge in [0.05, 0.1) is 6.21 Å². The molecule has 0 fully saturated rings. The summed E-state index contributed by atoms with van der Waals surface area (Å²) in [7, 11) is 0. The van der Waals surface area contributed by atoms with Gasteiger partial charge in [-0.3, -0.25) is 4.79 Å². The molecule has 0 aliphatic carbocycles. The van der Waals surface area contributed by atoms with E-state index in [4.69, 9.17) is 5.11 Å². The van der Waals surface area contributed by atoms with Crippen LogP contribution in [-0.4, -0.2) is 22.3 Å². The number of allylic oxidation sites excluding steroid dienone is 1. The van der Waals surface area contributed by atoms with Crippen molar-refractivity contribution < 1.29 is 15.0 Å². The second kappa shape index (κ2) is 7.08. The largest absolute Gasteiger partial charge is 0.508 e. The minimum absolute atomic E-state index is 0.0870. The molecule has 0 spiro atoms. The van der Waals surface area contributed by atoms with Crippen molar-refractivity contribution in [1.29, 1.82) is 0 Å². The number of hydrogen-bond acceptors (Lipinski definition) is 4. The van der Waals surface area contributed by atoms with E-state index in [1.807, 2.05) is 0 Å². The van der Waals surface area contributed by atoms with Crippen LogP contribution < -0.4 is 5.43 Å². The van der Waals surface area contributed by atoms with E-state index in [0.717, 1.165) is 5.56 Å². The van der Waals surface area contributed by atoms with E-state index >= 15 is 0 Å². The van der Waals surface area contributed by atoms with E-state index in [2.05, 4.69) is 17.1 Å². The first-order valence-corrected chi connectivity index (χ1v) is 6.66. The SMILES string of the molecule is C=CCc1cccc(C=NNC(=O)c2ccc(O)cc2)c1O. The van der Waals surface area contributed by atoms with E-state index < -0.39 is 5.91 Å². The van der Waals surface area contributed by atoms with Gasteiger partial charge in [-0.15, -0.1) is 6.58 Å². The second-order valence-electron chi connectivity index (χ2n) is 4.59. The summed E-state index contributed by atoms with van der Waals surface area (Å²) in [6.45, 7) is 3.63. The molecule has 5 nitrogen and oxygen atoms in total. The van der Waals surface area contributed by atoms with Gasteiger partial charge in [0.15, 0.2) is 0 Å². The smallest absolute Gasteiger partial charge is 0.271 e. The maximum Gasteiger partial charge on any atom is 0.271 e. The van der Waals surface area contributed by atoms with Crippen molar-refractivity contribution in [3.8, 4) is 11.5 Å². The fourth-order valence-corrected chi connectivity index (χ4v) is 1.87. The van der Waals surface area contributed by atoms with Crippen LogP contribution in [0.15, 0.2) is 60.2 Å². The summed E-state index contributed by atoms with van der Waals surface area (Å²) in [5, 5.41) is 23.1. The topological polar surface area (TPSA) is 81.9 Å². The lowest BCUT2D eigenvalue weighted by molar-refractivity contribution is 0.0955. The third-order valence-electron chi connectivity index (χ3n) is 3.01. The lowest BCUT2D eigenvalue weighted by Crippen LogP contribution is -2.17. The molecular formula is C17H16N2O3. The summed E-state index contributed by atoms with van der Waals surface area (Å²) in [5.74, 6) is -0.202. The Kier molecular flexibility index (Phi) is 4.93. The van der Waals surface area contributed by atoms with E-state index in [-0.39, 0.29) is 11.5 Å². The first kappa shape index (κ1) is 15.3. The molecule has 2 aromatic rings. The van der Waals surface area contributed by atoms with Gasteiger partial charge in [-0.1, -0.05) is 18.2 Å². The van der Waals surface area contributed by atoms with Crippen LogP contribution in [0.5, 0.6) is 11.5 Å². The molecule has 5 heteroatoms. The quantitative estimate of drug-likeness (QED) is 0.450. The van der Waals surface area contributed by atoms with Crippen LogP contribution in [0.2, 0.25) is 0 Å². The number of amides is 1. The van der Waals surface area contributed by atoms with Crippen LogP contribution >= 0.6 is 0 Å². The Bertz CT molecular complexity index is 706. The first-order valence-electron chi connectivity index (χ1n) is 6.66. The van der Waals surface area contributed by atoms with Gasteiger partial charge in [0.1, 0.15) is 11.5 Å². The standard InChI is InChI=1S/C17H16N2O3/c1-2-4-12-5-3-6-14(16(12)21)11-18-19-17(22)13-7-9-15(20)10-8-13/h2-3,5-11,20-21H,1,4H2,(H,19,22). The molecule has 2 rings (SSSR count). The molecule has 0 aliphatic rings. The number of phenolic OH excluding ortho intramolecular Hbond substituents is 2. The van der Waals surface area contributed by atoms with Crippen LogP contribution in [0, 0.1) is 0 Å². The van der Waals surface area contributed by atoms with Crippen molar-refractivity contribution in [2.45, 2.75) is 6.42 Å². The number of carbonyl (C=O) groups is 1. The number of nitrogens with one attached hydrogen (secondary N) is 1. The normalized spacial score (nSPS) is 10.5. The Hall–Kier alpha value is -3.08. The maximum atomic E-state index is 11.8. The molecule has 0 unspecified atom stereocenters. The zero-order chi connectivity index (χ0) is 15.9. The van der Waals surface area contributed by atoms with E-state index in [1.165, 1.54) is 30.5 Å². The maximum absolute atomic E-state index is 11.8. The van der Waals surface area contributed by atoms with Crippen LogP contribution in [0.4, 0.5) is 0 Å². The van der Waals surface area contributed by atoms with Gasteiger partial charge in [0.25, 0.3) is 5.91 Å². The molecule has 0 saturated heterocycles. The minimum atomic E-state index is -0.405. The van der Waals surface area contributed by atoms with Gasteiger partial charge in [0, 0.05) is 11.1 Å². The van der Waals surface area contributed by atoms with Crippen molar-refractivity contribution in [3.63, 3.8) is 0 Å². The molecule has 0 heterocycles. The third-order valence-corrected chi connectivity index (χ3v) is 3.01. The summed E-state index contributed by atoms with van der Waals surface area (Å²) in [6.07, 6.45) is 3.62. The molecule has 0 atom stereocenters. The highest BCUT2D eigenvalue weighted by Gasteiger charge is 2.05. The van der Waals surface area contributed by atoms with Crippen LogP contribution in [-0.2, 0) is 6.42 Å². The van der Waals surface area contributed by atoms with Gasteiger partial charge in [0.2, 0.25) is 0 Å². The highest BCUT2D eigenvalue weighted by atomic mass is 16.3. The molecule has 22 heavy (non-hydrogen) atoms. The van der Waals surface area contributed by atoms with Crippen molar-refractivity contribution in [2.24, 2.45) is 5.10 Å². The van der Waals surface area contributed by atoms with E-state index in [9.17, 15) is 9.90 Å². The number of hydrazone groups is 1. The zero-order valence-corrected chi connectivity index (χ0v) is 11.9. The number of aromatic hydroxyl groups is 2. The first-order chi connectivity index (χ1) is 10.6. The minimum Gasteiger partial charge on any atom is -0.508 e. The van der Waals surface area contributed by atoms with Crippen LogP contribution in [0.3, 0.4) is 0 Å². The Morgan fingerprint density at radius 3 is 2.59 bits per heavy atom. The molecule has 0 aliphatic heterocycles. The molecule has 3 N–H and O–H groups in total. The second-order valence-corrected chi connectivity index (χ2v) is 4.59. The zero-order valence-electron chi connectivity index (χ0n) is 11.9. The predicted molar refractivity (Wildman–Crippen MR) is 85.2 cm³/mol. The number of hydrogen-bond donors (Lipinski definition) is 3. The van der Waals surface area contributed by atoms with E-state index in [0.29, 0.717) is 17.5 Å². The number of phenols is 2. The molecule has 1 amide bonds. The predicted octanol–water partition coefficient (Wildman–Crippen LogP) is 2.59. The van der Waals surface area contributed by atoms with Gasteiger partial charge >= 0.3 is 0 Å². The summed E-state index contributed by atoms with van der Waals surface area (Å²) in [6, 6.07) is 11.1. The van der Waals surface area contributed by atoms with Crippen molar-refractivity contribution in [3.05, 3.63) is 71.8 Å². The molecule has 112 valence electrons. The third kappa shape index (κ3) is 3.73. The summed E-state index contributed by atoms with van der Waals surface area (Å²) in [5.41, 5.74) is 3.98. The average Bonchev–Trinajstić information content (AvgIpc) is 2.51. The lowest BCUT2D eigenvalue weighted by atomic mass is 10.1. The van der Waals surface area contributed by atoms with Crippen LogP contribution in [0.1, 0.15) is 21.5 Å². The van der Waals surface area contributed by atoms with Gasteiger partial charge in [-0.25, -0.2) is 5.43 Å². The highest BCUT2D eigenvalue weighted by molar-refractivity contribution is 5.95. The number of nitrogens with zero attached hydrogens (tertiary/aromatic N) is 1. The van der Waals surface area contributed by atoms with E-state index in [1.54, 1.807) is 24.3 Å². The fraction of sp³-hybridized carbons (Fsp3) is 0.0588. The number of rotatable bonds is 5. The molecule has 0 saturated carbocycles. The van der Waals surface area contributed by atoms with Gasteiger partial charge in [-0.2, -0.15) is 5.10 Å². The van der Waals surface area contributed by atoms with Crippen molar-refractivity contribution >= 4 is 12.1 Å². The molecule has 0 aromatic heterocycles. The highest BCUT2D eigenvalue weighted by Crippen LogP contribution is 2.21. The summed E-state index contributed by atoms with van der Waals surface area (Å²) >= 11 is 0. The molecule has 0 radical (unpaired) electrons. The Morgan fingerprint density at radius 2 is 1.91 bits per heavy atom. The van der Waals surface area contributed by atoms with Crippen molar-refractivity contribution in [1.82, 2.24) is 5.43 Å². The number of para-hydroxylation sites is 1. The van der Waals surface area contributed by atoms with Gasteiger partial charge < -0.3 is 10.2 Å². The van der Waals surface area contributed by atoms with Crippen molar-refractivity contribution in [2.75, 3.05) is 0 Å². The Balaban J connectivity index is 2.06. The number of carbonyl (C=O) groups excluding carboxylic acids is 1. The lowest BCUT2D eigenvalue weighted by Gasteiger charge is -2.04.